The number of hydrogen-bond donors (Lipinski definition) is 3. The summed E-state index contributed by atoms with van der Waals surface area (Å²) < 4.78 is 1.97. The molecule has 7 nitrogen and oxygen atoms in total. The minimum absolute atomic E-state index is 0.00466. The molecule has 0 bridgehead atoms. The van der Waals surface area contributed by atoms with Crippen molar-refractivity contribution in [2.75, 3.05) is 4.90 Å². The summed E-state index contributed by atoms with van der Waals surface area (Å²) in [7, 11) is 0. The Kier molecular flexibility index (Phi) is 8.59. The van der Waals surface area contributed by atoms with Crippen LogP contribution in [-0.4, -0.2) is 32.7 Å². The molecule has 2 aliphatic carbocycles. The van der Waals surface area contributed by atoms with Crippen LogP contribution in [0.2, 0.25) is 0 Å². The minimum Gasteiger partial charge on any atom is -0.477 e. The van der Waals surface area contributed by atoms with Gasteiger partial charge in [-0.1, -0.05) is 18.8 Å². The van der Waals surface area contributed by atoms with Crippen molar-refractivity contribution >= 4 is 40.8 Å². The zero-order chi connectivity index (χ0) is 25.9. The van der Waals surface area contributed by atoms with Gasteiger partial charge in [0.05, 0.1) is 10.6 Å². The number of amides is 1. The largest absolute Gasteiger partial charge is 0.477 e. The maximum atomic E-state index is 14.0. The van der Waals surface area contributed by atoms with E-state index in [1.165, 1.54) is 11.3 Å². The third kappa shape index (κ3) is 6.78. The second kappa shape index (κ2) is 11.5. The van der Waals surface area contributed by atoms with Gasteiger partial charge >= 0.3 is 5.97 Å². The zero-order valence-electron chi connectivity index (χ0n) is 21.7. The first-order chi connectivity index (χ1) is 17.1. The van der Waals surface area contributed by atoms with E-state index in [1.807, 2.05) is 48.6 Å². The summed E-state index contributed by atoms with van der Waals surface area (Å²) in [5.74, 6) is 6.10. The Labute approximate surface area is 223 Å². The predicted molar refractivity (Wildman–Crippen MR) is 147 cm³/mol. The molecule has 3 N–H and O–H groups in total. The van der Waals surface area contributed by atoms with Gasteiger partial charge in [-0.25, -0.2) is 9.21 Å². The van der Waals surface area contributed by atoms with Gasteiger partial charge in [0.15, 0.2) is 0 Å². The van der Waals surface area contributed by atoms with Crippen LogP contribution in [0.4, 0.5) is 5.69 Å². The van der Waals surface area contributed by atoms with Gasteiger partial charge in [-0.15, -0.1) is 16.9 Å². The summed E-state index contributed by atoms with van der Waals surface area (Å²) in [6.45, 7) is 8.35. The standard InChI is InChI=1S/C27H38N4O3S2/c1-18-5-7-19(8-6-18)25(32)31(20-9-11-21(12-10-20)36-30-16-15-28-29-30)23-17-22(13-14-27(2,3)4)35-24(23)26(33)34/h15-21,28-29H,5-12H2,1-4H3,(H,33,34). The van der Waals surface area contributed by atoms with Gasteiger partial charge in [0, 0.05) is 35.0 Å². The second-order valence-electron chi connectivity index (χ2n) is 11.2. The monoisotopic (exact) mass is 530 g/mol. The molecule has 1 aromatic rings. The predicted octanol–water partition coefficient (Wildman–Crippen LogP) is 5.76. The van der Waals surface area contributed by atoms with Crippen molar-refractivity contribution in [2.45, 2.75) is 90.4 Å². The Morgan fingerprint density at radius 3 is 2.42 bits per heavy atom. The summed E-state index contributed by atoms with van der Waals surface area (Å²) in [5, 5.41) is 10.5. The number of hydrogen-bond acceptors (Lipinski definition) is 7. The molecule has 9 heteroatoms. The lowest BCUT2D eigenvalue weighted by atomic mass is 9.81. The summed E-state index contributed by atoms with van der Waals surface area (Å²) in [5.41, 5.74) is 6.38. The lowest BCUT2D eigenvalue weighted by molar-refractivity contribution is -0.124. The normalized spacial score (nSPS) is 26.2. The van der Waals surface area contributed by atoms with Crippen molar-refractivity contribution in [1.29, 1.82) is 0 Å². The number of nitrogens with zero attached hydrogens (tertiary/aromatic N) is 2. The van der Waals surface area contributed by atoms with Crippen molar-refractivity contribution in [3.63, 3.8) is 0 Å². The Balaban J connectivity index is 1.60. The summed E-state index contributed by atoms with van der Waals surface area (Å²) in [4.78, 5) is 29.1. The maximum absolute atomic E-state index is 14.0. The van der Waals surface area contributed by atoms with Gasteiger partial charge in [0.25, 0.3) is 0 Å². The number of carbonyl (C=O) groups is 2. The molecule has 2 fully saturated rings. The molecule has 4 rings (SSSR count). The van der Waals surface area contributed by atoms with E-state index >= 15 is 0 Å². The highest BCUT2D eigenvalue weighted by atomic mass is 32.2. The molecule has 1 aromatic heterocycles. The lowest BCUT2D eigenvalue weighted by Crippen LogP contribution is -2.47. The lowest BCUT2D eigenvalue weighted by Gasteiger charge is -2.39. The fourth-order valence-electron chi connectivity index (χ4n) is 5.10. The molecule has 36 heavy (non-hydrogen) atoms. The highest BCUT2D eigenvalue weighted by Gasteiger charge is 2.38. The van der Waals surface area contributed by atoms with Crippen LogP contribution in [0.15, 0.2) is 18.5 Å². The van der Waals surface area contributed by atoms with E-state index in [0.717, 1.165) is 51.4 Å². The number of nitrogens with one attached hydrogen (secondary N) is 2. The zero-order valence-corrected chi connectivity index (χ0v) is 23.3. The maximum Gasteiger partial charge on any atom is 0.348 e. The quantitative estimate of drug-likeness (QED) is 0.319. The van der Waals surface area contributed by atoms with Gasteiger partial charge in [0.1, 0.15) is 4.88 Å². The van der Waals surface area contributed by atoms with Crippen molar-refractivity contribution in [3.8, 4) is 11.8 Å². The van der Waals surface area contributed by atoms with Crippen molar-refractivity contribution < 1.29 is 14.7 Å². The first-order valence-corrected chi connectivity index (χ1v) is 14.6. The molecule has 0 atom stereocenters. The van der Waals surface area contributed by atoms with E-state index in [0.29, 0.717) is 21.7 Å². The first-order valence-electron chi connectivity index (χ1n) is 13.0. The second-order valence-corrected chi connectivity index (χ2v) is 13.6. The van der Waals surface area contributed by atoms with Crippen LogP contribution in [0.25, 0.3) is 0 Å². The Hall–Kier alpha value is -2.15. The summed E-state index contributed by atoms with van der Waals surface area (Å²) in [6.07, 6.45) is 11.3. The van der Waals surface area contributed by atoms with E-state index in [4.69, 9.17) is 0 Å². The van der Waals surface area contributed by atoms with E-state index in [9.17, 15) is 14.7 Å². The number of carboxylic acid groups (broad SMARTS) is 1. The number of carbonyl (C=O) groups excluding carboxylic acids is 1. The Morgan fingerprint density at radius 2 is 1.83 bits per heavy atom. The molecule has 3 aliphatic rings. The molecule has 196 valence electrons. The van der Waals surface area contributed by atoms with E-state index in [2.05, 4.69) is 29.7 Å². The van der Waals surface area contributed by atoms with Crippen LogP contribution in [-0.2, 0) is 4.79 Å². The SMILES string of the molecule is CC1CCC(C(=O)N(c2cc(C#CC(C)(C)C)sc2C(=O)O)C2CCC(SN3C=CNN3)CC2)CC1. The van der Waals surface area contributed by atoms with Crippen molar-refractivity contribution in [3.05, 3.63) is 28.2 Å². The average Bonchev–Trinajstić information content (AvgIpc) is 3.49. The number of carboxylic acids is 1. The van der Waals surface area contributed by atoms with E-state index in [1.54, 1.807) is 11.9 Å². The number of hydrazine groups is 2. The molecule has 0 aromatic carbocycles. The molecule has 0 saturated heterocycles. The molecule has 0 radical (unpaired) electrons. The molecule has 2 saturated carbocycles. The molecular formula is C27H38N4O3S2. The van der Waals surface area contributed by atoms with Gasteiger partial charge < -0.3 is 15.4 Å². The van der Waals surface area contributed by atoms with Crippen LogP contribution in [0, 0.1) is 29.1 Å². The minimum atomic E-state index is -0.988. The molecule has 1 aliphatic heterocycles. The van der Waals surface area contributed by atoms with E-state index in [-0.39, 0.29) is 28.2 Å². The van der Waals surface area contributed by atoms with Crippen LogP contribution in [0.1, 0.15) is 93.6 Å². The number of aromatic carboxylic acids is 1. The van der Waals surface area contributed by atoms with Gasteiger partial charge in [-0.05, 0) is 96.1 Å². The van der Waals surface area contributed by atoms with Crippen LogP contribution >= 0.6 is 23.3 Å². The fraction of sp³-hybridized carbons (Fsp3) is 0.630. The molecular weight excluding hydrogens is 492 g/mol. The topological polar surface area (TPSA) is 84.9 Å². The third-order valence-electron chi connectivity index (χ3n) is 7.07. The van der Waals surface area contributed by atoms with Crippen LogP contribution < -0.4 is 15.9 Å². The van der Waals surface area contributed by atoms with Crippen LogP contribution in [0.5, 0.6) is 0 Å². The van der Waals surface area contributed by atoms with Crippen LogP contribution in [0.3, 0.4) is 0 Å². The first kappa shape index (κ1) is 26.9. The highest BCUT2D eigenvalue weighted by molar-refractivity contribution is 7.97. The fourth-order valence-corrected chi connectivity index (χ4v) is 6.98. The molecule has 2 heterocycles. The Morgan fingerprint density at radius 1 is 1.14 bits per heavy atom. The van der Waals surface area contributed by atoms with Crippen molar-refractivity contribution in [1.82, 2.24) is 15.4 Å². The smallest absolute Gasteiger partial charge is 0.348 e. The number of rotatable bonds is 6. The van der Waals surface area contributed by atoms with Gasteiger partial charge in [-0.3, -0.25) is 4.79 Å². The van der Waals surface area contributed by atoms with Crippen molar-refractivity contribution in [2.24, 2.45) is 17.3 Å². The van der Waals surface area contributed by atoms with Gasteiger partial charge in [0.2, 0.25) is 5.91 Å². The molecule has 1 amide bonds. The van der Waals surface area contributed by atoms with E-state index < -0.39 is 5.97 Å². The third-order valence-corrected chi connectivity index (χ3v) is 9.31. The molecule has 0 unspecified atom stereocenters. The molecule has 0 spiro atoms. The summed E-state index contributed by atoms with van der Waals surface area (Å²) >= 11 is 2.94. The number of anilines is 1. The van der Waals surface area contributed by atoms with Gasteiger partial charge in [-0.2, -0.15) is 0 Å². The Bertz CT molecular complexity index is 1040. The number of thiophene rings is 1. The average molecular weight is 531 g/mol. The highest BCUT2D eigenvalue weighted by Crippen LogP contribution is 2.40. The summed E-state index contributed by atoms with van der Waals surface area (Å²) in [6, 6.07) is 1.85.